The molecule has 5 nitrogen and oxygen atoms in total. The van der Waals surface area contributed by atoms with Crippen LogP contribution in [0.5, 0.6) is 5.75 Å². The van der Waals surface area contributed by atoms with E-state index in [2.05, 4.69) is 17.0 Å². The van der Waals surface area contributed by atoms with Gasteiger partial charge in [-0.05, 0) is 48.7 Å². The quantitative estimate of drug-likeness (QED) is 0.822. The molecule has 2 aliphatic rings. The van der Waals surface area contributed by atoms with Crippen molar-refractivity contribution in [3.8, 4) is 11.8 Å². The maximum atomic E-state index is 12.6. The van der Waals surface area contributed by atoms with Crippen molar-refractivity contribution in [1.29, 1.82) is 5.26 Å². The minimum absolute atomic E-state index is 0.154. The molecule has 1 fully saturated rings. The Hall–Kier alpha value is -2.84. The summed E-state index contributed by atoms with van der Waals surface area (Å²) in [5.74, 6) is 0.963. The lowest BCUT2D eigenvalue weighted by atomic mass is 9.99. The molecule has 2 aromatic rings. The largest absolute Gasteiger partial charge is 0.489 e. The molecule has 27 heavy (non-hydrogen) atoms. The molecule has 2 heterocycles. The van der Waals surface area contributed by atoms with E-state index < -0.39 is 0 Å². The lowest BCUT2D eigenvalue weighted by Crippen LogP contribution is -2.42. The predicted octanol–water partition coefficient (Wildman–Crippen LogP) is 2.71. The lowest BCUT2D eigenvalue weighted by Gasteiger charge is -2.30. The lowest BCUT2D eigenvalue weighted by molar-refractivity contribution is 0.0722. The predicted molar refractivity (Wildman–Crippen MR) is 103 cm³/mol. The molecule has 138 valence electrons. The Morgan fingerprint density at radius 2 is 1.89 bits per heavy atom. The third-order valence-corrected chi connectivity index (χ3v) is 5.39. The summed E-state index contributed by atoms with van der Waals surface area (Å²) in [7, 11) is 0. The van der Waals surface area contributed by atoms with Gasteiger partial charge in [0.25, 0.3) is 5.91 Å². The number of nitriles is 1. The molecule has 0 bridgehead atoms. The van der Waals surface area contributed by atoms with Crippen LogP contribution in [-0.2, 0) is 6.42 Å². The summed E-state index contributed by atoms with van der Waals surface area (Å²) in [6.07, 6.45) is 2.08. The van der Waals surface area contributed by atoms with Crippen LogP contribution in [0.1, 0.15) is 27.9 Å². The van der Waals surface area contributed by atoms with Gasteiger partial charge in [0.15, 0.2) is 0 Å². The molecule has 1 saturated heterocycles. The Morgan fingerprint density at radius 1 is 1.07 bits per heavy atom. The standard InChI is InChI=1S/C22H23N3O2/c23-15-17-5-7-19(8-6-17)27-20-10-11-24(16-20)13-14-25-12-9-18-3-1-2-4-21(18)22(25)26/h1-8,20H,9-14,16H2/t20-/m0/s1. The van der Waals surface area contributed by atoms with Crippen molar-refractivity contribution in [1.82, 2.24) is 9.80 Å². The minimum atomic E-state index is 0.154. The second kappa shape index (κ2) is 7.81. The summed E-state index contributed by atoms with van der Waals surface area (Å²) in [4.78, 5) is 17.0. The van der Waals surface area contributed by atoms with Crippen LogP contribution in [-0.4, -0.2) is 54.5 Å². The molecule has 2 aliphatic heterocycles. The van der Waals surface area contributed by atoms with Gasteiger partial charge in [-0.25, -0.2) is 0 Å². The van der Waals surface area contributed by atoms with Crippen molar-refractivity contribution in [3.63, 3.8) is 0 Å². The fraction of sp³-hybridized carbons (Fsp3) is 0.364. The summed E-state index contributed by atoms with van der Waals surface area (Å²) >= 11 is 0. The van der Waals surface area contributed by atoms with Crippen LogP contribution < -0.4 is 4.74 Å². The molecule has 0 aliphatic carbocycles. The van der Waals surface area contributed by atoms with Gasteiger partial charge in [0.05, 0.1) is 11.6 Å². The van der Waals surface area contributed by atoms with Crippen molar-refractivity contribution in [2.24, 2.45) is 0 Å². The molecule has 0 saturated carbocycles. The van der Waals surface area contributed by atoms with Gasteiger partial charge in [0, 0.05) is 38.3 Å². The van der Waals surface area contributed by atoms with Gasteiger partial charge in [-0.3, -0.25) is 9.69 Å². The summed E-state index contributed by atoms with van der Waals surface area (Å²) in [5.41, 5.74) is 2.66. The highest BCUT2D eigenvalue weighted by Crippen LogP contribution is 2.21. The maximum absolute atomic E-state index is 12.6. The molecule has 1 amide bonds. The number of carbonyl (C=O) groups excluding carboxylic acids is 1. The van der Waals surface area contributed by atoms with Crippen LogP contribution in [0, 0.1) is 11.3 Å². The first-order valence-corrected chi connectivity index (χ1v) is 9.49. The summed E-state index contributed by atoms with van der Waals surface area (Å²) in [6, 6.07) is 17.3. The van der Waals surface area contributed by atoms with Crippen LogP contribution in [0.2, 0.25) is 0 Å². The SMILES string of the molecule is N#Cc1ccc(O[C@H]2CCN(CCN3CCc4ccccc4C3=O)C2)cc1. The number of ether oxygens (including phenoxy) is 1. The van der Waals surface area contributed by atoms with Gasteiger partial charge in [0.1, 0.15) is 11.9 Å². The third kappa shape index (κ3) is 3.96. The van der Waals surface area contributed by atoms with Crippen LogP contribution >= 0.6 is 0 Å². The minimum Gasteiger partial charge on any atom is -0.489 e. The van der Waals surface area contributed by atoms with Gasteiger partial charge in [0.2, 0.25) is 0 Å². The molecule has 0 aromatic heterocycles. The zero-order valence-corrected chi connectivity index (χ0v) is 15.3. The van der Waals surface area contributed by atoms with E-state index >= 15 is 0 Å². The van der Waals surface area contributed by atoms with E-state index in [0.717, 1.165) is 62.4 Å². The Balaban J connectivity index is 1.27. The topological polar surface area (TPSA) is 56.6 Å². The first kappa shape index (κ1) is 17.6. The Kier molecular flexibility index (Phi) is 5.08. The van der Waals surface area contributed by atoms with Gasteiger partial charge >= 0.3 is 0 Å². The number of nitrogens with zero attached hydrogens (tertiary/aromatic N) is 3. The monoisotopic (exact) mass is 361 g/mol. The Bertz CT molecular complexity index is 857. The number of fused-ring (bicyclic) bond motifs is 1. The van der Waals surface area contributed by atoms with Crippen molar-refractivity contribution in [3.05, 3.63) is 65.2 Å². The Labute approximate surface area is 159 Å². The number of hydrogen-bond acceptors (Lipinski definition) is 4. The summed E-state index contributed by atoms with van der Waals surface area (Å²) in [5, 5.41) is 8.86. The van der Waals surface area contributed by atoms with Gasteiger partial charge in [-0.1, -0.05) is 18.2 Å². The molecule has 0 unspecified atom stereocenters. The Morgan fingerprint density at radius 3 is 2.70 bits per heavy atom. The zero-order chi connectivity index (χ0) is 18.6. The fourth-order valence-electron chi connectivity index (χ4n) is 3.85. The van der Waals surface area contributed by atoms with E-state index in [9.17, 15) is 4.79 Å². The number of amides is 1. The molecular weight excluding hydrogens is 338 g/mol. The van der Waals surface area contributed by atoms with E-state index in [-0.39, 0.29) is 12.0 Å². The maximum Gasteiger partial charge on any atom is 0.254 e. The molecular formula is C22H23N3O2. The molecule has 2 aromatic carbocycles. The number of hydrogen-bond donors (Lipinski definition) is 0. The van der Waals surface area contributed by atoms with Crippen molar-refractivity contribution in [2.45, 2.75) is 18.9 Å². The number of likely N-dealkylation sites (tertiary alicyclic amines) is 1. The average Bonchev–Trinajstić information content (AvgIpc) is 3.15. The second-order valence-corrected chi connectivity index (χ2v) is 7.16. The highest BCUT2D eigenvalue weighted by molar-refractivity contribution is 5.96. The average molecular weight is 361 g/mol. The molecule has 0 spiro atoms. The van der Waals surface area contributed by atoms with E-state index in [4.69, 9.17) is 10.00 Å². The van der Waals surface area contributed by atoms with Crippen molar-refractivity contribution >= 4 is 5.91 Å². The normalized spacial score (nSPS) is 19.6. The number of rotatable bonds is 5. The molecule has 0 N–H and O–H groups in total. The molecule has 1 atom stereocenters. The van der Waals surface area contributed by atoms with Gasteiger partial charge < -0.3 is 9.64 Å². The van der Waals surface area contributed by atoms with E-state index in [1.165, 1.54) is 0 Å². The van der Waals surface area contributed by atoms with Crippen LogP contribution in [0.3, 0.4) is 0 Å². The van der Waals surface area contributed by atoms with E-state index in [0.29, 0.717) is 5.56 Å². The van der Waals surface area contributed by atoms with Crippen molar-refractivity contribution < 1.29 is 9.53 Å². The summed E-state index contributed by atoms with van der Waals surface area (Å²) < 4.78 is 6.03. The molecule has 5 heteroatoms. The van der Waals surface area contributed by atoms with Crippen LogP contribution in [0.15, 0.2) is 48.5 Å². The highest BCUT2D eigenvalue weighted by atomic mass is 16.5. The van der Waals surface area contributed by atoms with Crippen LogP contribution in [0.4, 0.5) is 0 Å². The van der Waals surface area contributed by atoms with Gasteiger partial charge in [-0.2, -0.15) is 5.26 Å². The molecule has 4 rings (SSSR count). The first-order valence-electron chi connectivity index (χ1n) is 9.49. The van der Waals surface area contributed by atoms with Gasteiger partial charge in [-0.15, -0.1) is 0 Å². The summed E-state index contributed by atoms with van der Waals surface area (Å²) in [6.45, 7) is 4.30. The first-order chi connectivity index (χ1) is 13.2. The van der Waals surface area contributed by atoms with E-state index in [1.807, 2.05) is 35.2 Å². The number of carbonyl (C=O) groups is 1. The van der Waals surface area contributed by atoms with Crippen LogP contribution in [0.25, 0.3) is 0 Å². The number of benzene rings is 2. The fourth-order valence-corrected chi connectivity index (χ4v) is 3.85. The molecule has 0 radical (unpaired) electrons. The zero-order valence-electron chi connectivity index (χ0n) is 15.3. The van der Waals surface area contributed by atoms with E-state index in [1.54, 1.807) is 12.1 Å². The smallest absolute Gasteiger partial charge is 0.254 e. The second-order valence-electron chi connectivity index (χ2n) is 7.16. The third-order valence-electron chi connectivity index (χ3n) is 5.39. The highest BCUT2D eigenvalue weighted by Gasteiger charge is 2.27. The van der Waals surface area contributed by atoms with Crippen molar-refractivity contribution in [2.75, 3.05) is 32.7 Å².